The molecule has 6 rings (SSSR count). The molecule has 2 aromatic carbocycles. The molecule has 4 atom stereocenters. The number of hydrogen-bond donors (Lipinski definition) is 5. The van der Waals surface area contributed by atoms with Crippen molar-refractivity contribution in [2.24, 2.45) is 5.92 Å². The first kappa shape index (κ1) is 39.5. The Labute approximate surface area is 325 Å². The third kappa shape index (κ3) is 8.69. The summed E-state index contributed by atoms with van der Waals surface area (Å²) < 4.78 is 4.74. The van der Waals surface area contributed by atoms with E-state index in [4.69, 9.17) is 4.74 Å². The van der Waals surface area contributed by atoms with Crippen LogP contribution in [0.4, 0.5) is 9.59 Å². The van der Waals surface area contributed by atoms with Crippen LogP contribution in [0.2, 0.25) is 0 Å². The van der Waals surface area contributed by atoms with Crippen LogP contribution >= 0.6 is 0 Å². The van der Waals surface area contributed by atoms with Gasteiger partial charge in [-0.05, 0) is 53.9 Å². The van der Waals surface area contributed by atoms with Crippen LogP contribution in [0.3, 0.4) is 0 Å². The van der Waals surface area contributed by atoms with Crippen molar-refractivity contribution < 1.29 is 33.8 Å². The summed E-state index contributed by atoms with van der Waals surface area (Å²) in [5.74, 6) is 0.228. The van der Waals surface area contributed by atoms with E-state index in [-0.39, 0.29) is 36.2 Å². The Morgan fingerprint density at radius 2 is 1.25 bits per heavy atom. The molecule has 4 heterocycles. The van der Waals surface area contributed by atoms with Gasteiger partial charge in [0.25, 0.3) is 0 Å². The lowest BCUT2D eigenvalue weighted by molar-refractivity contribution is -0.138. The minimum atomic E-state index is -1.37. The molecule has 16 nitrogen and oxygen atoms in total. The van der Waals surface area contributed by atoms with Gasteiger partial charge < -0.3 is 45.1 Å². The summed E-state index contributed by atoms with van der Waals surface area (Å²) in [7, 11) is 4.40. The van der Waals surface area contributed by atoms with Crippen molar-refractivity contribution in [3.63, 3.8) is 0 Å². The molecule has 5 N–H and O–H groups in total. The number of likely N-dealkylation sites (tertiary alicyclic amines) is 2. The van der Waals surface area contributed by atoms with Gasteiger partial charge in [-0.25, -0.2) is 19.6 Å². The van der Waals surface area contributed by atoms with Gasteiger partial charge in [0.05, 0.1) is 49.4 Å². The molecular weight excluding hydrogens is 718 g/mol. The van der Waals surface area contributed by atoms with Gasteiger partial charge >= 0.3 is 12.2 Å². The minimum Gasteiger partial charge on any atom is -0.465 e. The lowest BCUT2D eigenvalue weighted by Gasteiger charge is -2.30. The predicted molar refractivity (Wildman–Crippen MR) is 207 cm³/mol. The van der Waals surface area contributed by atoms with E-state index in [2.05, 4.69) is 30.6 Å². The maximum absolute atomic E-state index is 13.5. The molecule has 0 bridgehead atoms. The summed E-state index contributed by atoms with van der Waals surface area (Å²) in [6.45, 7) is 4.79. The van der Waals surface area contributed by atoms with Gasteiger partial charge in [0, 0.05) is 27.2 Å². The van der Waals surface area contributed by atoms with E-state index >= 15 is 0 Å². The summed E-state index contributed by atoms with van der Waals surface area (Å²) in [5, 5.41) is 14.2. The van der Waals surface area contributed by atoms with Crippen molar-refractivity contribution in [3.8, 4) is 33.6 Å². The van der Waals surface area contributed by atoms with E-state index in [1.165, 1.54) is 12.0 Å². The van der Waals surface area contributed by atoms with E-state index < -0.39 is 30.2 Å². The van der Waals surface area contributed by atoms with Crippen LogP contribution in [0.1, 0.15) is 69.7 Å². The molecule has 0 radical (unpaired) electrons. The molecule has 2 aromatic heterocycles. The van der Waals surface area contributed by atoms with Crippen molar-refractivity contribution in [3.05, 3.63) is 72.6 Å². The van der Waals surface area contributed by atoms with E-state index in [1.807, 2.05) is 62.4 Å². The fraction of sp³-hybridized carbons (Fsp3) is 0.425. The van der Waals surface area contributed by atoms with Gasteiger partial charge in [-0.1, -0.05) is 62.4 Å². The number of rotatable bonds is 12. The first-order valence-electron chi connectivity index (χ1n) is 18.8. The molecule has 16 heteroatoms. The topological polar surface area (TPSA) is 206 Å². The van der Waals surface area contributed by atoms with Gasteiger partial charge in [-0.3, -0.25) is 14.4 Å². The number of H-pyrrole nitrogens is 2. The number of hydrogen-bond acceptors (Lipinski definition) is 8. The number of nitrogens with zero attached hydrogens (tertiary/aromatic N) is 5. The molecule has 0 saturated carbocycles. The SMILES string of the molecule is COC(=O)N[C@H](C(=O)N1CCCC1c1ncc(-c2ccc(-c3ccc(-c4cnc([C@@H]5CCCN5C(=O)[C@H](CC(=O)N(C)C)NC(=O)O)[nH]4)cc3)cc2)[nH]1)C(C)C. The smallest absolute Gasteiger partial charge is 0.407 e. The summed E-state index contributed by atoms with van der Waals surface area (Å²) in [6.07, 6.45) is 4.21. The molecule has 2 aliphatic heterocycles. The number of amides is 5. The molecule has 2 saturated heterocycles. The van der Waals surface area contributed by atoms with Crippen LogP contribution in [0.5, 0.6) is 0 Å². The third-order valence-corrected chi connectivity index (χ3v) is 10.5. The Kier molecular flexibility index (Phi) is 12.1. The quantitative estimate of drug-likeness (QED) is 0.132. The van der Waals surface area contributed by atoms with E-state index in [9.17, 15) is 29.1 Å². The summed E-state index contributed by atoms with van der Waals surface area (Å²) >= 11 is 0. The highest BCUT2D eigenvalue weighted by Crippen LogP contribution is 2.35. The van der Waals surface area contributed by atoms with Crippen molar-refractivity contribution in [2.45, 2.75) is 70.1 Å². The maximum Gasteiger partial charge on any atom is 0.407 e. The maximum atomic E-state index is 13.5. The second-order valence-corrected chi connectivity index (χ2v) is 14.8. The van der Waals surface area contributed by atoms with Crippen molar-refractivity contribution in [1.29, 1.82) is 0 Å². The number of carbonyl (C=O) groups is 5. The van der Waals surface area contributed by atoms with Crippen LogP contribution in [-0.2, 0) is 19.1 Å². The van der Waals surface area contributed by atoms with Crippen LogP contribution in [0, 0.1) is 5.92 Å². The normalized spacial score (nSPS) is 17.8. The van der Waals surface area contributed by atoms with E-state index in [1.54, 1.807) is 36.3 Å². The fourth-order valence-electron chi connectivity index (χ4n) is 7.40. The van der Waals surface area contributed by atoms with Crippen molar-refractivity contribution in [1.82, 2.24) is 45.3 Å². The standard InChI is InChI=1S/C40H49N9O7/c1-23(2)34(46-40(55)56-5)38(52)49-19-7-9-32(49)36-42-22-30(44-36)27-16-12-25(13-17-27)24-10-14-26(15-11-24)29-21-41-35(43-29)31-8-6-18-48(31)37(51)28(45-39(53)54)20-33(50)47(3)4/h10-17,21-23,28,31-32,34,45H,6-9,18-20H2,1-5H3,(H,41,43)(H,42,44)(H,46,55)(H,53,54)/t28-,31-,32?,34-/m0/s1. The van der Waals surface area contributed by atoms with E-state index in [0.717, 1.165) is 52.9 Å². The summed E-state index contributed by atoms with van der Waals surface area (Å²) in [5.41, 5.74) is 5.51. The van der Waals surface area contributed by atoms with Gasteiger partial charge in [0.2, 0.25) is 17.7 Å². The number of ether oxygens (including phenoxy) is 1. The highest BCUT2D eigenvalue weighted by molar-refractivity contribution is 5.91. The molecule has 2 fully saturated rings. The first-order valence-corrected chi connectivity index (χ1v) is 18.8. The largest absolute Gasteiger partial charge is 0.465 e. The summed E-state index contributed by atoms with van der Waals surface area (Å²) in [6, 6.07) is 13.7. The Morgan fingerprint density at radius 1 is 0.786 bits per heavy atom. The first-order chi connectivity index (χ1) is 26.8. The Balaban J connectivity index is 1.10. The molecule has 4 aromatic rings. The molecule has 56 heavy (non-hydrogen) atoms. The lowest BCUT2D eigenvalue weighted by Crippen LogP contribution is -2.51. The number of imidazole rings is 2. The molecule has 0 spiro atoms. The van der Waals surface area contributed by atoms with Crippen molar-refractivity contribution >= 4 is 29.9 Å². The zero-order chi connectivity index (χ0) is 40.1. The second-order valence-electron chi connectivity index (χ2n) is 14.8. The highest BCUT2D eigenvalue weighted by Gasteiger charge is 2.39. The van der Waals surface area contributed by atoms with Gasteiger partial charge in [0.15, 0.2) is 0 Å². The predicted octanol–water partition coefficient (Wildman–Crippen LogP) is 4.96. The average Bonchev–Trinajstić information content (AvgIpc) is 4.02. The molecule has 0 aliphatic carbocycles. The van der Waals surface area contributed by atoms with Crippen molar-refractivity contribution in [2.75, 3.05) is 34.3 Å². The number of methoxy groups -OCH3 is 1. The molecule has 1 unspecified atom stereocenters. The summed E-state index contributed by atoms with van der Waals surface area (Å²) in [4.78, 5) is 83.5. The lowest BCUT2D eigenvalue weighted by atomic mass is 10.0. The number of benzene rings is 2. The van der Waals surface area contributed by atoms with Crippen LogP contribution in [0.15, 0.2) is 60.9 Å². The number of nitrogens with one attached hydrogen (secondary N) is 4. The number of alkyl carbamates (subject to hydrolysis) is 1. The van der Waals surface area contributed by atoms with Crippen LogP contribution in [0.25, 0.3) is 33.6 Å². The molecule has 296 valence electrons. The van der Waals surface area contributed by atoms with Gasteiger partial charge in [-0.2, -0.15) is 0 Å². The van der Waals surface area contributed by atoms with Gasteiger partial charge in [0.1, 0.15) is 23.7 Å². The molecule has 5 amide bonds. The monoisotopic (exact) mass is 767 g/mol. The Hall–Kier alpha value is -6.19. The zero-order valence-corrected chi connectivity index (χ0v) is 32.2. The fourth-order valence-corrected chi connectivity index (χ4v) is 7.40. The molecule has 2 aliphatic rings. The second kappa shape index (κ2) is 17.1. The number of carbonyl (C=O) groups excluding carboxylic acids is 4. The number of carboxylic acid groups (broad SMARTS) is 1. The Bertz CT molecular complexity index is 2040. The number of aromatic amines is 2. The number of aromatic nitrogens is 4. The van der Waals surface area contributed by atoms with Crippen LogP contribution in [-0.4, -0.2) is 116 Å². The average molecular weight is 768 g/mol. The third-order valence-electron chi connectivity index (χ3n) is 10.5. The highest BCUT2D eigenvalue weighted by atomic mass is 16.5. The van der Waals surface area contributed by atoms with Gasteiger partial charge in [-0.15, -0.1) is 0 Å². The van der Waals surface area contributed by atoms with Crippen LogP contribution < -0.4 is 10.6 Å². The minimum absolute atomic E-state index is 0.117. The molecular formula is C40H49N9O7. The van der Waals surface area contributed by atoms with E-state index in [0.29, 0.717) is 31.2 Å². The zero-order valence-electron chi connectivity index (χ0n) is 32.2. The Morgan fingerprint density at radius 3 is 1.68 bits per heavy atom.